The standard InChI is InChI=1S/C20H29N3O/c1-5-15-8-6-7-11-23(15)13-18-14(2)21-19-10-9-16(22(3)4)12-17(19)20(18)24/h9-10,12,15H,5-8,11,13H2,1-4H3,(H,21,24)/p+1. The lowest BCUT2D eigenvalue weighted by atomic mass is 9.98. The minimum Gasteiger partial charge on any atom is -0.378 e. The number of pyridine rings is 1. The number of nitrogens with zero attached hydrogens (tertiary/aromatic N) is 1. The van der Waals surface area contributed by atoms with Crippen molar-refractivity contribution in [2.75, 3.05) is 25.5 Å². The summed E-state index contributed by atoms with van der Waals surface area (Å²) in [7, 11) is 4.02. The van der Waals surface area contributed by atoms with Gasteiger partial charge in [0.15, 0.2) is 5.43 Å². The molecular formula is C20H30N3O+. The fourth-order valence-electron chi connectivity index (χ4n) is 4.03. The van der Waals surface area contributed by atoms with Crippen LogP contribution in [0.5, 0.6) is 0 Å². The molecule has 1 fully saturated rings. The molecule has 1 aromatic carbocycles. The minimum atomic E-state index is 0.206. The van der Waals surface area contributed by atoms with Crippen molar-refractivity contribution in [1.29, 1.82) is 0 Å². The Morgan fingerprint density at radius 3 is 2.79 bits per heavy atom. The van der Waals surface area contributed by atoms with Crippen LogP contribution < -0.4 is 15.2 Å². The summed E-state index contributed by atoms with van der Waals surface area (Å²) in [6, 6.07) is 6.78. The summed E-state index contributed by atoms with van der Waals surface area (Å²) < 4.78 is 0. The lowest BCUT2D eigenvalue weighted by molar-refractivity contribution is -0.944. The molecular weight excluding hydrogens is 298 g/mol. The quantitative estimate of drug-likeness (QED) is 0.904. The van der Waals surface area contributed by atoms with Crippen molar-refractivity contribution in [3.05, 3.63) is 39.7 Å². The maximum atomic E-state index is 13.1. The van der Waals surface area contributed by atoms with E-state index in [4.69, 9.17) is 0 Å². The fraction of sp³-hybridized carbons (Fsp3) is 0.550. The Hall–Kier alpha value is -1.81. The molecule has 2 heterocycles. The first kappa shape index (κ1) is 17.0. The maximum Gasteiger partial charge on any atom is 0.198 e. The van der Waals surface area contributed by atoms with Gasteiger partial charge in [0.05, 0.1) is 18.2 Å². The number of fused-ring (bicyclic) bond motifs is 1. The van der Waals surface area contributed by atoms with Gasteiger partial charge in [0.2, 0.25) is 0 Å². The van der Waals surface area contributed by atoms with Gasteiger partial charge in [-0.1, -0.05) is 6.92 Å². The number of hydrogen-bond donors (Lipinski definition) is 2. The summed E-state index contributed by atoms with van der Waals surface area (Å²) in [5.41, 5.74) is 4.21. The molecule has 2 atom stereocenters. The second-order valence-corrected chi connectivity index (χ2v) is 7.37. The molecule has 0 saturated carbocycles. The molecule has 0 radical (unpaired) electrons. The summed E-state index contributed by atoms with van der Waals surface area (Å²) >= 11 is 0. The zero-order chi connectivity index (χ0) is 17.3. The van der Waals surface area contributed by atoms with Crippen LogP contribution in [0.3, 0.4) is 0 Å². The van der Waals surface area contributed by atoms with E-state index in [1.165, 1.54) is 32.2 Å². The lowest BCUT2D eigenvalue weighted by Crippen LogP contribution is -3.15. The molecule has 0 bridgehead atoms. The van der Waals surface area contributed by atoms with Gasteiger partial charge in [-0.15, -0.1) is 0 Å². The largest absolute Gasteiger partial charge is 0.378 e. The first-order valence-corrected chi connectivity index (χ1v) is 9.18. The number of hydrogen-bond acceptors (Lipinski definition) is 2. The van der Waals surface area contributed by atoms with Crippen molar-refractivity contribution in [2.24, 2.45) is 0 Å². The Morgan fingerprint density at radius 2 is 2.08 bits per heavy atom. The van der Waals surface area contributed by atoms with Crippen molar-refractivity contribution >= 4 is 16.6 Å². The monoisotopic (exact) mass is 328 g/mol. The number of quaternary nitrogens is 1. The molecule has 2 aromatic rings. The molecule has 24 heavy (non-hydrogen) atoms. The molecule has 0 amide bonds. The van der Waals surface area contributed by atoms with Crippen molar-refractivity contribution in [3.63, 3.8) is 0 Å². The highest BCUT2D eigenvalue weighted by Crippen LogP contribution is 2.18. The van der Waals surface area contributed by atoms with Gasteiger partial charge in [0.1, 0.15) is 6.54 Å². The topological polar surface area (TPSA) is 40.5 Å². The third-order valence-corrected chi connectivity index (χ3v) is 5.59. The van der Waals surface area contributed by atoms with E-state index in [9.17, 15) is 4.79 Å². The van der Waals surface area contributed by atoms with Gasteiger partial charge in [-0.3, -0.25) is 4.79 Å². The number of aromatic nitrogens is 1. The van der Waals surface area contributed by atoms with Crippen molar-refractivity contribution in [3.8, 4) is 0 Å². The SMILES string of the molecule is CCC1CCCC[NH+]1Cc1c(C)[nH]c2ccc(N(C)C)cc2c1=O. The van der Waals surface area contributed by atoms with Crippen LogP contribution in [0.2, 0.25) is 0 Å². The fourth-order valence-corrected chi connectivity index (χ4v) is 4.03. The van der Waals surface area contributed by atoms with E-state index in [0.717, 1.165) is 34.4 Å². The molecule has 1 saturated heterocycles. The summed E-state index contributed by atoms with van der Waals surface area (Å²) in [6.07, 6.45) is 5.11. The molecule has 3 rings (SSSR count). The Balaban J connectivity index is 2.02. The Bertz CT molecular complexity index is 778. The summed E-state index contributed by atoms with van der Waals surface area (Å²) in [5, 5.41) is 0.811. The number of anilines is 1. The predicted octanol–water partition coefficient (Wildman–Crippen LogP) is 2.25. The molecule has 1 aliphatic rings. The first-order valence-electron chi connectivity index (χ1n) is 9.18. The van der Waals surface area contributed by atoms with E-state index >= 15 is 0 Å². The van der Waals surface area contributed by atoms with Gasteiger partial charge in [0, 0.05) is 36.4 Å². The van der Waals surface area contributed by atoms with Crippen LogP contribution in [-0.4, -0.2) is 31.7 Å². The van der Waals surface area contributed by atoms with E-state index in [-0.39, 0.29) is 5.43 Å². The smallest absolute Gasteiger partial charge is 0.198 e. The molecule has 0 aliphatic carbocycles. The van der Waals surface area contributed by atoms with Crippen molar-refractivity contribution < 1.29 is 4.90 Å². The van der Waals surface area contributed by atoms with Crippen LogP contribution in [-0.2, 0) is 6.54 Å². The first-order chi connectivity index (χ1) is 11.5. The van der Waals surface area contributed by atoms with E-state index in [0.29, 0.717) is 6.04 Å². The molecule has 0 spiro atoms. The van der Waals surface area contributed by atoms with E-state index in [1.807, 2.05) is 38.1 Å². The molecule has 1 aliphatic heterocycles. The highest BCUT2D eigenvalue weighted by Gasteiger charge is 2.26. The number of likely N-dealkylation sites (tertiary alicyclic amines) is 1. The molecule has 2 unspecified atom stereocenters. The number of aryl methyl sites for hydroxylation is 1. The molecule has 4 nitrogen and oxygen atoms in total. The summed E-state index contributed by atoms with van der Waals surface area (Å²) in [6.45, 7) is 6.35. The van der Waals surface area contributed by atoms with Gasteiger partial charge < -0.3 is 14.8 Å². The zero-order valence-electron chi connectivity index (χ0n) is 15.4. The number of nitrogens with one attached hydrogen (secondary N) is 2. The van der Waals surface area contributed by atoms with Gasteiger partial charge in [-0.05, 0) is 50.8 Å². The van der Waals surface area contributed by atoms with Gasteiger partial charge >= 0.3 is 0 Å². The second-order valence-electron chi connectivity index (χ2n) is 7.37. The number of rotatable bonds is 4. The lowest BCUT2D eigenvalue weighted by Gasteiger charge is -2.32. The number of piperidine rings is 1. The third kappa shape index (κ3) is 3.20. The van der Waals surface area contributed by atoms with Crippen LogP contribution >= 0.6 is 0 Å². The normalized spacial score (nSPS) is 21.2. The maximum absolute atomic E-state index is 13.1. The highest BCUT2D eigenvalue weighted by atomic mass is 16.1. The number of aromatic amines is 1. The molecule has 4 heteroatoms. The Labute approximate surface area is 144 Å². The van der Waals surface area contributed by atoms with E-state index in [2.05, 4.69) is 18.0 Å². The summed E-state index contributed by atoms with van der Waals surface area (Å²) in [4.78, 5) is 20.2. The predicted molar refractivity (Wildman–Crippen MR) is 101 cm³/mol. The van der Waals surface area contributed by atoms with Crippen LogP contribution in [0.1, 0.15) is 43.9 Å². The Kier molecular flexibility index (Phi) is 4.95. The number of benzene rings is 1. The van der Waals surface area contributed by atoms with E-state index < -0.39 is 0 Å². The van der Waals surface area contributed by atoms with E-state index in [1.54, 1.807) is 4.90 Å². The average molecular weight is 328 g/mol. The highest BCUT2D eigenvalue weighted by molar-refractivity contribution is 5.83. The van der Waals surface area contributed by atoms with Gasteiger partial charge in [0.25, 0.3) is 0 Å². The summed E-state index contributed by atoms with van der Waals surface area (Å²) in [5.74, 6) is 0. The van der Waals surface area contributed by atoms with Crippen LogP contribution in [0.15, 0.2) is 23.0 Å². The Morgan fingerprint density at radius 1 is 1.29 bits per heavy atom. The minimum absolute atomic E-state index is 0.206. The second kappa shape index (κ2) is 6.98. The third-order valence-electron chi connectivity index (χ3n) is 5.59. The molecule has 2 N–H and O–H groups in total. The van der Waals surface area contributed by atoms with Crippen LogP contribution in [0.25, 0.3) is 10.9 Å². The zero-order valence-corrected chi connectivity index (χ0v) is 15.4. The van der Waals surface area contributed by atoms with Crippen LogP contribution in [0.4, 0.5) is 5.69 Å². The van der Waals surface area contributed by atoms with Gasteiger partial charge in [-0.2, -0.15) is 0 Å². The molecule has 1 aromatic heterocycles. The average Bonchev–Trinajstić information content (AvgIpc) is 2.58. The molecule has 130 valence electrons. The van der Waals surface area contributed by atoms with Gasteiger partial charge in [-0.25, -0.2) is 0 Å². The number of H-pyrrole nitrogens is 1. The van der Waals surface area contributed by atoms with Crippen molar-refractivity contribution in [1.82, 2.24) is 4.98 Å². The van der Waals surface area contributed by atoms with Crippen molar-refractivity contribution in [2.45, 2.75) is 52.1 Å². The van der Waals surface area contributed by atoms with Crippen LogP contribution in [0, 0.1) is 6.92 Å².